The number of rotatable bonds is 3. The van der Waals surface area contributed by atoms with Crippen molar-refractivity contribution >= 4 is 87.5 Å². The van der Waals surface area contributed by atoms with Gasteiger partial charge in [0.25, 0.3) is 0 Å². The van der Waals surface area contributed by atoms with Crippen LogP contribution in [0, 0.1) is 0 Å². The molecule has 52 heavy (non-hydrogen) atoms. The number of benzene rings is 8. The van der Waals surface area contributed by atoms with Crippen LogP contribution in [0.3, 0.4) is 0 Å². The van der Waals surface area contributed by atoms with E-state index >= 15 is 0 Å². The normalized spacial score (nSPS) is 12.2. The molecule has 0 atom stereocenters. The van der Waals surface area contributed by atoms with Crippen molar-refractivity contribution in [3.8, 4) is 22.5 Å². The van der Waals surface area contributed by atoms with Crippen LogP contribution in [-0.2, 0) is 0 Å². The second kappa shape index (κ2) is 10.3. The van der Waals surface area contributed by atoms with E-state index in [1.54, 1.807) is 0 Å². The molecule has 242 valence electrons. The first kappa shape index (κ1) is 27.7. The van der Waals surface area contributed by atoms with Crippen molar-refractivity contribution in [2.75, 3.05) is 0 Å². The monoisotopic (exact) mass is 664 g/mol. The Morgan fingerprint density at radius 3 is 1.37 bits per heavy atom. The van der Waals surface area contributed by atoms with Crippen molar-refractivity contribution in [1.82, 2.24) is 9.13 Å². The standard InChI is InChI=1S/C48H28N2O2/c1-2-10-31(11-3-1)49-41-15-7-4-12-33(41)39-24-25-40-34-13-5-8-16-42(34)50(48(40)47(39)49)32-20-23-38-37-22-19-30(27-45(37)52-46(38)28-32)29-18-21-36-35-14-6-9-17-43(35)51-44(36)26-29/h1-28H. The Bertz CT molecular complexity index is 3410. The number of hydrogen-bond acceptors (Lipinski definition) is 2. The highest BCUT2D eigenvalue weighted by molar-refractivity contribution is 6.24. The molecule has 0 radical (unpaired) electrons. The number of hydrogen-bond donors (Lipinski definition) is 0. The van der Waals surface area contributed by atoms with E-state index in [0.29, 0.717) is 0 Å². The fourth-order valence-electron chi connectivity index (χ4n) is 8.60. The minimum absolute atomic E-state index is 0.860. The summed E-state index contributed by atoms with van der Waals surface area (Å²) in [5, 5.41) is 9.38. The summed E-state index contributed by atoms with van der Waals surface area (Å²) in [7, 11) is 0. The van der Waals surface area contributed by atoms with Gasteiger partial charge in [-0.15, -0.1) is 0 Å². The Morgan fingerprint density at radius 2 is 0.731 bits per heavy atom. The third-order valence-corrected chi connectivity index (χ3v) is 10.9. The fourth-order valence-corrected chi connectivity index (χ4v) is 8.60. The summed E-state index contributed by atoms with van der Waals surface area (Å²) in [6.07, 6.45) is 0. The maximum Gasteiger partial charge on any atom is 0.137 e. The quantitative estimate of drug-likeness (QED) is 0.188. The number of fused-ring (bicyclic) bond motifs is 13. The minimum Gasteiger partial charge on any atom is -0.456 e. The van der Waals surface area contributed by atoms with Gasteiger partial charge in [0.15, 0.2) is 0 Å². The van der Waals surface area contributed by atoms with Crippen LogP contribution in [0.1, 0.15) is 0 Å². The molecule has 0 unspecified atom stereocenters. The molecule has 0 spiro atoms. The molecular weight excluding hydrogens is 637 g/mol. The molecule has 0 saturated heterocycles. The van der Waals surface area contributed by atoms with Gasteiger partial charge in [0, 0.05) is 54.8 Å². The van der Waals surface area contributed by atoms with E-state index in [1.165, 1.54) is 38.1 Å². The number of nitrogens with zero attached hydrogens (tertiary/aromatic N) is 2. The van der Waals surface area contributed by atoms with Crippen LogP contribution in [0.25, 0.3) is 110 Å². The lowest BCUT2D eigenvalue weighted by atomic mass is 10.0. The molecule has 0 aliphatic rings. The molecule has 0 saturated carbocycles. The minimum atomic E-state index is 0.860. The Labute approximate surface area is 296 Å². The van der Waals surface area contributed by atoms with Crippen molar-refractivity contribution < 1.29 is 8.83 Å². The van der Waals surface area contributed by atoms with Crippen molar-refractivity contribution in [3.63, 3.8) is 0 Å². The van der Waals surface area contributed by atoms with Gasteiger partial charge in [-0.2, -0.15) is 0 Å². The van der Waals surface area contributed by atoms with Gasteiger partial charge in [-0.25, -0.2) is 0 Å². The van der Waals surface area contributed by atoms with Gasteiger partial charge < -0.3 is 18.0 Å². The van der Waals surface area contributed by atoms with Crippen molar-refractivity contribution in [3.05, 3.63) is 170 Å². The average molecular weight is 665 g/mol. The maximum absolute atomic E-state index is 6.70. The number of furan rings is 2. The molecule has 4 heterocycles. The van der Waals surface area contributed by atoms with Crippen LogP contribution in [0.2, 0.25) is 0 Å². The molecule has 0 N–H and O–H groups in total. The first-order valence-corrected chi connectivity index (χ1v) is 17.7. The Hall–Kier alpha value is -7.04. The van der Waals surface area contributed by atoms with E-state index in [2.05, 4.69) is 167 Å². The first-order valence-electron chi connectivity index (χ1n) is 17.7. The van der Waals surface area contributed by atoms with E-state index in [0.717, 1.165) is 71.9 Å². The Morgan fingerprint density at radius 1 is 0.288 bits per heavy atom. The third kappa shape index (κ3) is 3.75. The molecule has 0 fully saturated rings. The van der Waals surface area contributed by atoms with Crippen LogP contribution in [0.15, 0.2) is 179 Å². The van der Waals surface area contributed by atoms with Gasteiger partial charge in [-0.05, 0) is 77.9 Å². The molecule has 0 bridgehead atoms. The van der Waals surface area contributed by atoms with Crippen molar-refractivity contribution in [2.24, 2.45) is 0 Å². The molecule has 0 aliphatic carbocycles. The highest BCUT2D eigenvalue weighted by atomic mass is 16.3. The second-order valence-corrected chi connectivity index (χ2v) is 13.7. The van der Waals surface area contributed by atoms with Crippen molar-refractivity contribution in [1.29, 1.82) is 0 Å². The number of aromatic nitrogens is 2. The van der Waals surface area contributed by atoms with Crippen LogP contribution >= 0.6 is 0 Å². The van der Waals surface area contributed by atoms with Gasteiger partial charge in [0.05, 0.1) is 27.8 Å². The highest BCUT2D eigenvalue weighted by Crippen LogP contribution is 2.43. The summed E-state index contributed by atoms with van der Waals surface area (Å²) < 4.78 is 17.8. The van der Waals surface area contributed by atoms with Crippen LogP contribution in [0.5, 0.6) is 0 Å². The molecule has 4 heteroatoms. The summed E-state index contributed by atoms with van der Waals surface area (Å²) in [6, 6.07) is 60.6. The summed E-state index contributed by atoms with van der Waals surface area (Å²) in [6.45, 7) is 0. The summed E-state index contributed by atoms with van der Waals surface area (Å²) in [5.41, 5.74) is 12.6. The van der Waals surface area contributed by atoms with E-state index < -0.39 is 0 Å². The van der Waals surface area contributed by atoms with Gasteiger partial charge in [-0.1, -0.05) is 97.1 Å². The van der Waals surface area contributed by atoms with E-state index in [1.807, 2.05) is 12.1 Å². The summed E-state index contributed by atoms with van der Waals surface area (Å²) in [5.74, 6) is 0. The highest BCUT2D eigenvalue weighted by Gasteiger charge is 2.21. The van der Waals surface area contributed by atoms with E-state index in [9.17, 15) is 0 Å². The SMILES string of the molecule is c1ccc(-n2c3ccccc3c3ccc4c5ccccc5n(-c5ccc6c(c5)oc5cc(-c7ccc8c(c7)oc7ccccc78)ccc56)c4c32)cc1. The van der Waals surface area contributed by atoms with Crippen LogP contribution in [0.4, 0.5) is 0 Å². The summed E-state index contributed by atoms with van der Waals surface area (Å²) >= 11 is 0. The lowest BCUT2D eigenvalue weighted by Crippen LogP contribution is -1.98. The van der Waals surface area contributed by atoms with E-state index in [4.69, 9.17) is 8.83 Å². The van der Waals surface area contributed by atoms with Gasteiger partial charge in [-0.3, -0.25) is 0 Å². The molecule has 12 aromatic rings. The smallest absolute Gasteiger partial charge is 0.137 e. The first-order chi connectivity index (χ1) is 25.8. The molecule has 4 aromatic heterocycles. The number of para-hydroxylation sites is 4. The topological polar surface area (TPSA) is 36.1 Å². The van der Waals surface area contributed by atoms with E-state index in [-0.39, 0.29) is 0 Å². The van der Waals surface area contributed by atoms with Gasteiger partial charge >= 0.3 is 0 Å². The predicted octanol–water partition coefficient (Wildman–Crippen LogP) is 13.3. The fraction of sp³-hybridized carbons (Fsp3) is 0. The van der Waals surface area contributed by atoms with Gasteiger partial charge in [0.1, 0.15) is 22.3 Å². The predicted molar refractivity (Wildman–Crippen MR) is 215 cm³/mol. The Kier molecular flexibility index (Phi) is 5.47. The average Bonchev–Trinajstić information content (AvgIpc) is 3.94. The molecule has 8 aromatic carbocycles. The van der Waals surface area contributed by atoms with Crippen LogP contribution in [-0.4, -0.2) is 9.13 Å². The molecule has 12 rings (SSSR count). The summed E-state index contributed by atoms with van der Waals surface area (Å²) in [4.78, 5) is 0. The zero-order valence-electron chi connectivity index (χ0n) is 27.9. The van der Waals surface area contributed by atoms with Gasteiger partial charge in [0.2, 0.25) is 0 Å². The third-order valence-electron chi connectivity index (χ3n) is 10.9. The molecule has 0 aliphatic heterocycles. The zero-order chi connectivity index (χ0) is 33.9. The Balaban J connectivity index is 1.09. The molecule has 4 nitrogen and oxygen atoms in total. The maximum atomic E-state index is 6.70. The molecule has 0 amide bonds. The second-order valence-electron chi connectivity index (χ2n) is 13.7. The lowest BCUT2D eigenvalue weighted by molar-refractivity contribution is 0.668. The van der Waals surface area contributed by atoms with Crippen molar-refractivity contribution in [2.45, 2.75) is 0 Å². The largest absolute Gasteiger partial charge is 0.456 e. The van der Waals surface area contributed by atoms with Crippen LogP contribution < -0.4 is 0 Å². The zero-order valence-corrected chi connectivity index (χ0v) is 27.9. The molecular formula is C48H28N2O2. The lowest BCUT2D eigenvalue weighted by Gasteiger charge is -2.12.